The zero-order valence-electron chi connectivity index (χ0n) is 15.0. The predicted molar refractivity (Wildman–Crippen MR) is 97.3 cm³/mol. The van der Waals surface area contributed by atoms with Crippen LogP contribution in [0.2, 0.25) is 0 Å². The lowest BCUT2D eigenvalue weighted by atomic mass is 9.96. The Bertz CT molecular complexity index is 909. The molecule has 0 spiro atoms. The molecule has 0 bridgehead atoms. The lowest BCUT2D eigenvalue weighted by Gasteiger charge is -2.18. The SMILES string of the molecule is Cc1cc(CNC(=O)c2ccc(-c3cncc(C(C)(C)O)c3)cc2)no1. The van der Waals surface area contributed by atoms with Crippen molar-refractivity contribution in [2.45, 2.75) is 32.9 Å². The van der Waals surface area contributed by atoms with Gasteiger partial charge in [0.15, 0.2) is 0 Å². The van der Waals surface area contributed by atoms with Crippen molar-refractivity contribution < 1.29 is 14.4 Å². The third-order valence-corrected chi connectivity index (χ3v) is 4.03. The van der Waals surface area contributed by atoms with Crippen LogP contribution in [0.3, 0.4) is 0 Å². The van der Waals surface area contributed by atoms with Gasteiger partial charge in [-0.2, -0.15) is 0 Å². The van der Waals surface area contributed by atoms with Crippen molar-refractivity contribution in [3.8, 4) is 11.1 Å². The molecule has 3 rings (SSSR count). The molecule has 6 heteroatoms. The molecule has 1 aromatic carbocycles. The molecule has 0 saturated heterocycles. The minimum Gasteiger partial charge on any atom is -0.386 e. The van der Waals surface area contributed by atoms with E-state index in [1.54, 1.807) is 51.4 Å². The maximum absolute atomic E-state index is 12.2. The average molecular weight is 351 g/mol. The number of rotatable bonds is 5. The molecule has 0 aliphatic rings. The van der Waals surface area contributed by atoms with Crippen LogP contribution in [0.5, 0.6) is 0 Å². The molecule has 2 aromatic heterocycles. The van der Waals surface area contributed by atoms with Crippen LogP contribution in [-0.2, 0) is 12.1 Å². The number of amides is 1. The van der Waals surface area contributed by atoms with Gasteiger partial charge in [0.2, 0.25) is 0 Å². The number of nitrogens with zero attached hydrogens (tertiary/aromatic N) is 2. The molecule has 134 valence electrons. The van der Waals surface area contributed by atoms with Crippen LogP contribution < -0.4 is 5.32 Å². The highest BCUT2D eigenvalue weighted by Gasteiger charge is 2.17. The second-order valence-electron chi connectivity index (χ2n) is 6.71. The Kier molecular flexibility index (Phi) is 4.86. The maximum Gasteiger partial charge on any atom is 0.251 e. The Balaban J connectivity index is 1.71. The Labute approximate surface area is 151 Å². The Morgan fingerprint density at radius 3 is 2.50 bits per heavy atom. The molecule has 0 atom stereocenters. The van der Waals surface area contributed by atoms with E-state index in [2.05, 4.69) is 15.5 Å². The van der Waals surface area contributed by atoms with Crippen LogP contribution in [0.15, 0.2) is 53.3 Å². The molecule has 3 aromatic rings. The number of aryl methyl sites for hydroxylation is 1. The Morgan fingerprint density at radius 1 is 1.15 bits per heavy atom. The van der Waals surface area contributed by atoms with Gasteiger partial charge >= 0.3 is 0 Å². The van der Waals surface area contributed by atoms with E-state index in [1.807, 2.05) is 18.2 Å². The van der Waals surface area contributed by atoms with Gasteiger partial charge in [-0.3, -0.25) is 9.78 Å². The predicted octanol–water partition coefficient (Wildman–Crippen LogP) is 3.20. The third-order valence-electron chi connectivity index (χ3n) is 4.03. The molecule has 0 radical (unpaired) electrons. The lowest BCUT2D eigenvalue weighted by molar-refractivity contribution is 0.0782. The average Bonchev–Trinajstić information content (AvgIpc) is 3.04. The number of carbonyl (C=O) groups is 1. The van der Waals surface area contributed by atoms with Crippen molar-refractivity contribution >= 4 is 5.91 Å². The molecular weight excluding hydrogens is 330 g/mol. The second kappa shape index (κ2) is 7.09. The fraction of sp³-hybridized carbons (Fsp3) is 0.250. The normalized spacial score (nSPS) is 11.4. The first-order valence-corrected chi connectivity index (χ1v) is 8.31. The van der Waals surface area contributed by atoms with Gasteiger partial charge in [-0.05, 0) is 44.5 Å². The summed E-state index contributed by atoms with van der Waals surface area (Å²) in [4.78, 5) is 16.4. The molecule has 6 nitrogen and oxygen atoms in total. The van der Waals surface area contributed by atoms with Crippen LogP contribution in [0.1, 0.15) is 41.2 Å². The number of hydrogen-bond acceptors (Lipinski definition) is 5. The highest BCUT2D eigenvalue weighted by atomic mass is 16.5. The highest BCUT2D eigenvalue weighted by molar-refractivity contribution is 5.94. The summed E-state index contributed by atoms with van der Waals surface area (Å²) in [5.41, 5.74) is 2.83. The van der Waals surface area contributed by atoms with E-state index in [9.17, 15) is 9.90 Å². The molecule has 2 heterocycles. The standard InChI is InChI=1S/C20H21N3O3/c1-13-8-18(23-26-13)12-22-19(24)15-6-4-14(5-7-15)16-9-17(11-21-10-16)20(2,3)25/h4-11,25H,12H2,1-3H3,(H,22,24). The monoisotopic (exact) mass is 351 g/mol. The second-order valence-corrected chi connectivity index (χ2v) is 6.71. The fourth-order valence-corrected chi connectivity index (χ4v) is 2.52. The van der Waals surface area contributed by atoms with Crippen molar-refractivity contribution in [2.75, 3.05) is 0 Å². The van der Waals surface area contributed by atoms with Crippen LogP contribution in [0.25, 0.3) is 11.1 Å². The van der Waals surface area contributed by atoms with Crippen LogP contribution in [-0.4, -0.2) is 21.2 Å². The van der Waals surface area contributed by atoms with E-state index in [4.69, 9.17) is 4.52 Å². The molecule has 0 fully saturated rings. The van der Waals surface area contributed by atoms with E-state index in [0.717, 1.165) is 16.7 Å². The summed E-state index contributed by atoms with van der Waals surface area (Å²) < 4.78 is 4.98. The van der Waals surface area contributed by atoms with Gasteiger partial charge in [0, 0.05) is 35.2 Å². The lowest BCUT2D eigenvalue weighted by Crippen LogP contribution is -2.22. The van der Waals surface area contributed by atoms with Gasteiger partial charge in [-0.15, -0.1) is 0 Å². The summed E-state index contributed by atoms with van der Waals surface area (Å²) in [7, 11) is 0. The number of pyridine rings is 1. The summed E-state index contributed by atoms with van der Waals surface area (Å²) in [6.07, 6.45) is 3.38. The molecule has 1 amide bonds. The van der Waals surface area contributed by atoms with E-state index in [0.29, 0.717) is 23.6 Å². The molecule has 0 unspecified atom stereocenters. The minimum atomic E-state index is -0.956. The molecular formula is C20H21N3O3. The van der Waals surface area contributed by atoms with Crippen molar-refractivity contribution in [1.82, 2.24) is 15.5 Å². The third kappa shape index (κ3) is 4.15. The number of aliphatic hydroxyl groups is 1. The van der Waals surface area contributed by atoms with Crippen LogP contribution >= 0.6 is 0 Å². The van der Waals surface area contributed by atoms with E-state index < -0.39 is 5.60 Å². The molecule has 0 saturated carbocycles. The minimum absolute atomic E-state index is 0.180. The first-order chi connectivity index (χ1) is 12.3. The largest absolute Gasteiger partial charge is 0.386 e. The number of hydrogen-bond donors (Lipinski definition) is 2. The molecule has 0 aliphatic carbocycles. The summed E-state index contributed by atoms with van der Waals surface area (Å²) in [5.74, 6) is 0.529. The van der Waals surface area contributed by atoms with Gasteiger partial charge in [-0.1, -0.05) is 17.3 Å². The Morgan fingerprint density at radius 2 is 1.88 bits per heavy atom. The molecule has 2 N–H and O–H groups in total. The maximum atomic E-state index is 12.2. The zero-order chi connectivity index (χ0) is 18.7. The van der Waals surface area contributed by atoms with Crippen molar-refractivity contribution in [3.63, 3.8) is 0 Å². The summed E-state index contributed by atoms with van der Waals surface area (Å²) >= 11 is 0. The van der Waals surface area contributed by atoms with Gasteiger partial charge in [0.1, 0.15) is 11.5 Å². The molecule has 0 aliphatic heterocycles. The van der Waals surface area contributed by atoms with Crippen molar-refractivity contribution in [2.24, 2.45) is 0 Å². The number of aromatic nitrogens is 2. The summed E-state index contributed by atoms with van der Waals surface area (Å²) in [5, 5.41) is 16.8. The van der Waals surface area contributed by atoms with Crippen LogP contribution in [0.4, 0.5) is 0 Å². The number of carbonyl (C=O) groups excluding carboxylic acids is 1. The Hall–Kier alpha value is -2.99. The van der Waals surface area contributed by atoms with E-state index in [-0.39, 0.29) is 5.91 Å². The van der Waals surface area contributed by atoms with Gasteiger partial charge in [0.05, 0.1) is 12.1 Å². The van der Waals surface area contributed by atoms with E-state index >= 15 is 0 Å². The first kappa shape index (κ1) is 17.8. The van der Waals surface area contributed by atoms with Gasteiger partial charge in [0.25, 0.3) is 5.91 Å². The van der Waals surface area contributed by atoms with Gasteiger partial charge in [-0.25, -0.2) is 0 Å². The fourth-order valence-electron chi connectivity index (χ4n) is 2.52. The quantitative estimate of drug-likeness (QED) is 0.737. The van der Waals surface area contributed by atoms with Gasteiger partial charge < -0.3 is 14.9 Å². The van der Waals surface area contributed by atoms with Crippen molar-refractivity contribution in [3.05, 3.63) is 71.4 Å². The van der Waals surface area contributed by atoms with E-state index in [1.165, 1.54) is 0 Å². The smallest absolute Gasteiger partial charge is 0.251 e. The topological polar surface area (TPSA) is 88.2 Å². The first-order valence-electron chi connectivity index (χ1n) is 8.31. The molecule has 26 heavy (non-hydrogen) atoms. The van der Waals surface area contributed by atoms with Crippen molar-refractivity contribution in [1.29, 1.82) is 0 Å². The number of nitrogens with one attached hydrogen (secondary N) is 1. The highest BCUT2D eigenvalue weighted by Crippen LogP contribution is 2.25. The zero-order valence-corrected chi connectivity index (χ0v) is 15.0. The summed E-state index contributed by atoms with van der Waals surface area (Å²) in [6, 6.07) is 10.9. The number of benzene rings is 1. The van der Waals surface area contributed by atoms with Crippen LogP contribution in [0, 0.1) is 6.92 Å². The summed E-state index contributed by atoms with van der Waals surface area (Å²) in [6.45, 7) is 5.56.